The van der Waals surface area contributed by atoms with Crippen LogP contribution in [-0.4, -0.2) is 29.3 Å². The van der Waals surface area contributed by atoms with Gasteiger partial charge in [-0.3, -0.25) is 4.79 Å². The topological polar surface area (TPSA) is 92.8 Å². The van der Waals surface area contributed by atoms with Crippen LogP contribution in [0.3, 0.4) is 0 Å². The van der Waals surface area contributed by atoms with Gasteiger partial charge in [0.15, 0.2) is 0 Å². The number of hydrogen-bond donors (Lipinski definition) is 3. The normalized spacial score (nSPS) is 13.1. The van der Waals surface area contributed by atoms with Gasteiger partial charge in [-0.2, -0.15) is 13.2 Å². The van der Waals surface area contributed by atoms with E-state index in [1.807, 2.05) is 0 Å². The standard InChI is InChI=1S/C11H12F3NO4/c1-19-10(18)6(15)2-5-3-7(16)9(8(17)4-5)11(12,13)14/h3-4,6,16-17H,2,15H2,1H3/t6-/m0/s1. The smallest absolute Gasteiger partial charge is 0.423 e. The van der Waals surface area contributed by atoms with E-state index in [9.17, 15) is 28.2 Å². The summed E-state index contributed by atoms with van der Waals surface area (Å²) >= 11 is 0. The summed E-state index contributed by atoms with van der Waals surface area (Å²) in [6.07, 6.45) is -5.05. The third-order valence-electron chi connectivity index (χ3n) is 2.40. The van der Waals surface area contributed by atoms with Gasteiger partial charge in [-0.05, 0) is 24.1 Å². The average molecular weight is 279 g/mol. The summed E-state index contributed by atoms with van der Waals surface area (Å²) in [6, 6.07) is 0.497. The monoisotopic (exact) mass is 279 g/mol. The van der Waals surface area contributed by atoms with E-state index in [-0.39, 0.29) is 12.0 Å². The first kappa shape index (κ1) is 15.1. The fraction of sp³-hybridized carbons (Fsp3) is 0.364. The molecular formula is C11H12F3NO4. The van der Waals surface area contributed by atoms with E-state index >= 15 is 0 Å². The van der Waals surface area contributed by atoms with Crippen LogP contribution in [0.1, 0.15) is 11.1 Å². The minimum absolute atomic E-state index is 0.0842. The van der Waals surface area contributed by atoms with Gasteiger partial charge < -0.3 is 20.7 Å². The lowest BCUT2D eigenvalue weighted by Crippen LogP contribution is -2.33. The van der Waals surface area contributed by atoms with E-state index in [2.05, 4.69) is 4.74 Å². The molecule has 0 saturated carbocycles. The SMILES string of the molecule is COC(=O)[C@@H](N)Cc1cc(O)c(C(F)(F)F)c(O)c1. The van der Waals surface area contributed by atoms with E-state index in [0.717, 1.165) is 19.2 Å². The van der Waals surface area contributed by atoms with E-state index < -0.39 is 35.2 Å². The van der Waals surface area contributed by atoms with Gasteiger partial charge in [-0.25, -0.2) is 0 Å². The van der Waals surface area contributed by atoms with Gasteiger partial charge in [0, 0.05) is 0 Å². The molecule has 8 heteroatoms. The first-order valence-electron chi connectivity index (χ1n) is 5.12. The molecule has 0 radical (unpaired) electrons. The van der Waals surface area contributed by atoms with Gasteiger partial charge in [-0.1, -0.05) is 0 Å². The summed E-state index contributed by atoms with van der Waals surface area (Å²) in [5.74, 6) is -3.00. The minimum Gasteiger partial charge on any atom is -0.507 e. The number of benzene rings is 1. The Labute approximate surface area is 106 Å². The van der Waals surface area contributed by atoms with E-state index in [4.69, 9.17) is 5.73 Å². The number of aromatic hydroxyl groups is 2. The molecule has 5 nitrogen and oxygen atoms in total. The highest BCUT2D eigenvalue weighted by atomic mass is 19.4. The summed E-state index contributed by atoms with van der Waals surface area (Å²) < 4.78 is 41.8. The number of carbonyl (C=O) groups is 1. The fourth-order valence-corrected chi connectivity index (χ4v) is 1.57. The molecule has 19 heavy (non-hydrogen) atoms. The van der Waals surface area contributed by atoms with Gasteiger partial charge in [0.1, 0.15) is 23.1 Å². The molecule has 0 aliphatic heterocycles. The van der Waals surface area contributed by atoms with Crippen molar-refractivity contribution >= 4 is 5.97 Å². The Kier molecular flexibility index (Phi) is 4.25. The van der Waals surface area contributed by atoms with Crippen LogP contribution >= 0.6 is 0 Å². The number of carbonyl (C=O) groups excluding carboxylic acids is 1. The Morgan fingerprint density at radius 2 is 1.84 bits per heavy atom. The van der Waals surface area contributed by atoms with Crippen LogP contribution < -0.4 is 5.73 Å². The third-order valence-corrected chi connectivity index (χ3v) is 2.40. The molecule has 1 aromatic carbocycles. The molecule has 4 N–H and O–H groups in total. The van der Waals surface area contributed by atoms with Crippen molar-refractivity contribution in [3.8, 4) is 11.5 Å². The molecule has 0 amide bonds. The molecule has 0 saturated heterocycles. The zero-order valence-electron chi connectivity index (χ0n) is 9.86. The first-order valence-corrected chi connectivity index (χ1v) is 5.12. The molecule has 0 spiro atoms. The number of halogens is 3. The molecule has 0 heterocycles. The van der Waals surface area contributed by atoms with Gasteiger partial charge in [0.05, 0.1) is 7.11 Å². The molecular weight excluding hydrogens is 267 g/mol. The van der Waals surface area contributed by atoms with Crippen LogP contribution in [0.15, 0.2) is 12.1 Å². The third kappa shape index (κ3) is 3.50. The molecule has 0 aromatic heterocycles. The Balaban J connectivity index is 3.05. The number of methoxy groups -OCH3 is 1. The summed E-state index contributed by atoms with van der Waals surface area (Å²) in [4.78, 5) is 11.1. The zero-order chi connectivity index (χ0) is 14.8. The van der Waals surface area contributed by atoms with E-state index in [1.54, 1.807) is 0 Å². The van der Waals surface area contributed by atoms with Gasteiger partial charge in [0.2, 0.25) is 0 Å². The van der Waals surface area contributed by atoms with Crippen molar-refractivity contribution in [2.45, 2.75) is 18.6 Å². The molecule has 0 aliphatic carbocycles. The first-order chi connectivity index (χ1) is 8.66. The number of esters is 1. The number of alkyl halides is 3. The van der Waals surface area contributed by atoms with Gasteiger partial charge in [-0.15, -0.1) is 0 Å². The van der Waals surface area contributed by atoms with Crippen molar-refractivity contribution in [3.63, 3.8) is 0 Å². The molecule has 1 atom stereocenters. The highest BCUT2D eigenvalue weighted by Gasteiger charge is 2.37. The van der Waals surface area contributed by atoms with Crippen molar-refractivity contribution in [2.75, 3.05) is 7.11 Å². The van der Waals surface area contributed by atoms with Crippen LogP contribution in [0, 0.1) is 0 Å². The molecule has 1 rings (SSSR count). The highest BCUT2D eigenvalue weighted by molar-refractivity contribution is 5.75. The lowest BCUT2D eigenvalue weighted by Gasteiger charge is -2.14. The second-order valence-corrected chi connectivity index (χ2v) is 3.84. The Hall–Kier alpha value is -1.96. The van der Waals surface area contributed by atoms with Crippen LogP contribution in [0.5, 0.6) is 11.5 Å². The number of phenols is 2. The second kappa shape index (κ2) is 5.35. The molecule has 0 bridgehead atoms. The van der Waals surface area contributed by atoms with Crippen molar-refractivity contribution in [1.82, 2.24) is 0 Å². The number of nitrogens with two attached hydrogens (primary N) is 1. The Bertz CT molecular complexity index is 464. The fourth-order valence-electron chi connectivity index (χ4n) is 1.57. The quantitative estimate of drug-likeness (QED) is 0.722. The average Bonchev–Trinajstić information content (AvgIpc) is 2.24. The predicted molar refractivity (Wildman–Crippen MR) is 58.5 cm³/mol. The lowest BCUT2D eigenvalue weighted by molar-refractivity contribution is -0.142. The number of ether oxygens (including phenoxy) is 1. The minimum atomic E-state index is -4.88. The second-order valence-electron chi connectivity index (χ2n) is 3.84. The number of hydrogen-bond acceptors (Lipinski definition) is 5. The maximum atomic E-state index is 12.5. The van der Waals surface area contributed by atoms with Crippen LogP contribution in [0.2, 0.25) is 0 Å². The molecule has 1 aromatic rings. The largest absolute Gasteiger partial charge is 0.507 e. The summed E-state index contributed by atoms with van der Waals surface area (Å²) in [5, 5.41) is 18.6. The lowest BCUT2D eigenvalue weighted by atomic mass is 10.0. The Morgan fingerprint density at radius 3 is 2.21 bits per heavy atom. The predicted octanol–water partition coefficient (Wildman–Crippen LogP) is 1.16. The number of phenolic OH excluding ortho intramolecular Hbond substituents is 2. The summed E-state index contributed by atoms with van der Waals surface area (Å²) in [7, 11) is 1.11. The van der Waals surface area contributed by atoms with Crippen LogP contribution in [-0.2, 0) is 22.1 Å². The molecule has 0 aliphatic rings. The van der Waals surface area contributed by atoms with Crippen LogP contribution in [0.4, 0.5) is 13.2 Å². The van der Waals surface area contributed by atoms with Crippen molar-refractivity contribution in [1.29, 1.82) is 0 Å². The van der Waals surface area contributed by atoms with Crippen molar-refractivity contribution in [3.05, 3.63) is 23.3 Å². The highest BCUT2D eigenvalue weighted by Crippen LogP contribution is 2.42. The maximum absolute atomic E-state index is 12.5. The molecule has 0 fully saturated rings. The number of rotatable bonds is 3. The molecule has 0 unspecified atom stereocenters. The zero-order valence-corrected chi connectivity index (χ0v) is 9.86. The van der Waals surface area contributed by atoms with E-state index in [1.165, 1.54) is 0 Å². The van der Waals surface area contributed by atoms with Crippen LogP contribution in [0.25, 0.3) is 0 Å². The van der Waals surface area contributed by atoms with E-state index in [0.29, 0.717) is 0 Å². The van der Waals surface area contributed by atoms with Crippen molar-refractivity contribution < 1.29 is 32.9 Å². The molecule has 106 valence electrons. The summed E-state index contributed by atoms with van der Waals surface area (Å²) in [6.45, 7) is 0. The maximum Gasteiger partial charge on any atom is 0.423 e. The summed E-state index contributed by atoms with van der Waals surface area (Å²) in [5.41, 5.74) is 3.98. The van der Waals surface area contributed by atoms with Gasteiger partial charge >= 0.3 is 12.1 Å². The van der Waals surface area contributed by atoms with Crippen molar-refractivity contribution in [2.24, 2.45) is 5.73 Å². The van der Waals surface area contributed by atoms with Gasteiger partial charge in [0.25, 0.3) is 0 Å². The Morgan fingerprint density at radius 1 is 1.37 bits per heavy atom.